The molecule has 0 radical (unpaired) electrons. The average molecular weight is 630 g/mol. The molecule has 43 heavy (non-hydrogen) atoms. The summed E-state index contributed by atoms with van der Waals surface area (Å²) in [5, 5.41) is 18.9. The standard InChI is InChI=1S/C34H34N4O4.Zn/c1-7-21-17(3)25-13-26-19(5)23(9-11-33(39)40)31(37-26)16-32-24(10-12-34(41)42)20(6)28(38-32)15-30-22(8-2)18(4)27(36-30)14-29(21)35-25;/h7-8,13-16H,1-2,9-12H2,3-6H3,(H4,35,36,37,38,39,40,41,42);/q;+2/p-2/i7D,8D,37+1,38+1;. The van der Waals surface area contributed by atoms with E-state index in [1.165, 1.54) is 0 Å². The third-order valence-electron chi connectivity index (χ3n) is 7.91. The summed E-state index contributed by atoms with van der Waals surface area (Å²) in [5.74, 6) is -1.87. The Balaban J connectivity index is 0.00000461. The number of fused-ring (bicyclic) bond motifs is 8. The van der Waals surface area contributed by atoms with Gasteiger partial charge < -0.3 is 20.2 Å². The molecule has 0 amide bonds. The molecule has 0 saturated heterocycles. The van der Waals surface area contributed by atoms with Crippen LogP contribution in [-0.4, -0.2) is 32.1 Å². The number of aliphatic carboxylic acids is 2. The topological polar surface area (TPSA) is 129 Å². The van der Waals surface area contributed by atoms with E-state index in [1.807, 2.05) is 33.8 Å². The van der Waals surface area contributed by atoms with Crippen LogP contribution in [0.25, 0.3) is 50.4 Å². The Morgan fingerprint density at radius 3 is 1.95 bits per heavy atom. The van der Waals surface area contributed by atoms with E-state index in [0.717, 1.165) is 33.4 Å². The van der Waals surface area contributed by atoms with Gasteiger partial charge in [0.25, 0.3) is 0 Å². The molecular formula is C34H32N4O4Zn. The van der Waals surface area contributed by atoms with Crippen LogP contribution in [0, 0.1) is 13.8 Å². The second-order valence-electron chi connectivity index (χ2n) is 10.5. The van der Waals surface area contributed by atoms with Gasteiger partial charge in [0.1, 0.15) is 0 Å². The van der Waals surface area contributed by atoms with E-state index < -0.39 is 11.9 Å². The Morgan fingerprint density at radius 2 is 1.30 bits per heavy atom. The van der Waals surface area contributed by atoms with Gasteiger partial charge in [-0.05, 0) is 62.8 Å². The molecule has 8 nitrogen and oxygen atoms in total. The zero-order valence-corrected chi connectivity index (χ0v) is 27.7. The van der Waals surface area contributed by atoms with Gasteiger partial charge in [-0.15, -0.1) is 22.1 Å². The minimum absolute atomic E-state index is 0. The Labute approximate surface area is 265 Å². The van der Waals surface area contributed by atoms with Gasteiger partial charge in [0.2, 0.25) is 0 Å². The molecular weight excluding hydrogens is 596 g/mol. The van der Waals surface area contributed by atoms with Crippen LogP contribution in [-0.2, 0) is 35.5 Å². The van der Waals surface area contributed by atoms with Crippen LogP contribution in [0.4, 0.5) is 0 Å². The van der Waals surface area contributed by atoms with Gasteiger partial charge in [0, 0.05) is 18.4 Å². The molecule has 214 valence electrons. The molecule has 3 aromatic rings. The summed E-state index contributed by atoms with van der Waals surface area (Å²) < 4.78 is 16.8. The van der Waals surface area contributed by atoms with Crippen molar-refractivity contribution in [2.24, 2.45) is 0 Å². The molecule has 8 bridgehead atoms. The summed E-state index contributed by atoms with van der Waals surface area (Å²) >= 11 is 0. The Kier molecular flexibility index (Phi) is 8.34. The van der Waals surface area contributed by atoms with Crippen molar-refractivity contribution in [3.8, 4) is 0 Å². The molecule has 0 aromatic carbocycles. The van der Waals surface area contributed by atoms with Crippen LogP contribution >= 0.6 is 0 Å². The minimum atomic E-state index is -0.936. The Morgan fingerprint density at radius 1 is 0.767 bits per heavy atom. The van der Waals surface area contributed by atoms with Crippen molar-refractivity contribution >= 4 is 62.3 Å². The Hall–Kier alpha value is -4.36. The van der Waals surface area contributed by atoms with Crippen molar-refractivity contribution in [2.45, 2.75) is 53.4 Å². The quantitative estimate of drug-likeness (QED) is 0.262. The summed E-state index contributed by atoms with van der Waals surface area (Å²) in [6, 6.07) is 7.34. The molecule has 0 unspecified atom stereocenters. The van der Waals surface area contributed by atoms with Gasteiger partial charge >= 0.3 is 31.4 Å². The zero-order valence-electron chi connectivity index (χ0n) is 26.8. The number of nitrogens with zero attached hydrogens (tertiary/aromatic N) is 4. The van der Waals surface area contributed by atoms with Crippen LogP contribution in [0.5, 0.6) is 0 Å². The van der Waals surface area contributed by atoms with Crippen LogP contribution in [0.1, 0.15) is 80.9 Å². The first-order valence-electron chi connectivity index (χ1n) is 14.6. The van der Waals surface area contributed by atoms with E-state index in [4.69, 9.17) is 22.7 Å². The van der Waals surface area contributed by atoms with Crippen LogP contribution in [0.2, 0.25) is 0 Å². The van der Waals surface area contributed by atoms with Gasteiger partial charge in [-0.2, -0.15) is 0 Å². The smallest absolute Gasteiger partial charge is 0.657 e. The van der Waals surface area contributed by atoms with E-state index in [9.17, 15) is 19.8 Å². The van der Waals surface area contributed by atoms with Crippen molar-refractivity contribution in [1.82, 2.24) is 19.9 Å². The van der Waals surface area contributed by atoms with E-state index in [-0.39, 0.29) is 57.3 Å². The minimum Gasteiger partial charge on any atom is -0.657 e. The fourth-order valence-corrected chi connectivity index (χ4v) is 5.50. The molecule has 0 saturated carbocycles. The first-order chi connectivity index (χ1) is 20.8. The SMILES string of the molecule is [2H]C(=C)C1=C(C)c2cc3[n-]c(cc4[15n]c(cc5[15n-]c(cc1n2)c(C)c5CCC(=O)O)C(CCC(=O)O)=C4C)c(C)c3C([2H])=C.[Zn+2]. The fourth-order valence-electron chi connectivity index (χ4n) is 5.50. The fraction of sp³-hybridized carbons (Fsp3) is 0.235. The second kappa shape index (κ2) is 12.5. The second-order valence-corrected chi connectivity index (χ2v) is 10.5. The number of aryl methyl sites for hydroxylation is 3. The third kappa shape index (κ3) is 5.95. The molecule has 5 rings (SSSR count). The van der Waals surface area contributed by atoms with Gasteiger partial charge in [-0.25, -0.2) is 9.97 Å². The molecule has 2 aliphatic heterocycles. The van der Waals surface area contributed by atoms with Gasteiger partial charge in [0.05, 0.1) is 25.5 Å². The normalized spacial score (nSPS) is 13.4. The van der Waals surface area contributed by atoms with Gasteiger partial charge in [-0.3, -0.25) is 9.59 Å². The van der Waals surface area contributed by atoms with Crippen molar-refractivity contribution in [3.63, 3.8) is 0 Å². The number of rotatable bonds is 8. The predicted molar refractivity (Wildman–Crippen MR) is 167 cm³/mol. The number of carboxylic acid groups (broad SMARTS) is 2. The first-order valence-corrected chi connectivity index (χ1v) is 13.6. The summed E-state index contributed by atoms with van der Waals surface area (Å²) in [6.45, 7) is 15.2. The number of carboxylic acids is 2. The molecule has 0 atom stereocenters. The summed E-state index contributed by atoms with van der Waals surface area (Å²) in [4.78, 5) is 42.5. The van der Waals surface area contributed by atoms with E-state index in [0.29, 0.717) is 56.0 Å². The average Bonchev–Trinajstić information content (AvgIpc) is 3.59. The molecule has 3 aromatic heterocycles. The van der Waals surface area contributed by atoms with Crippen molar-refractivity contribution in [3.05, 3.63) is 88.5 Å². The van der Waals surface area contributed by atoms with Crippen molar-refractivity contribution in [2.75, 3.05) is 0 Å². The molecule has 2 N–H and O–H groups in total. The van der Waals surface area contributed by atoms with E-state index in [2.05, 4.69) is 13.2 Å². The van der Waals surface area contributed by atoms with Gasteiger partial charge in [0.15, 0.2) is 0 Å². The molecule has 0 spiro atoms. The van der Waals surface area contributed by atoms with Gasteiger partial charge in [-0.1, -0.05) is 66.2 Å². The Bertz CT molecular complexity index is 2030. The summed E-state index contributed by atoms with van der Waals surface area (Å²) in [7, 11) is 0. The predicted octanol–water partition coefficient (Wildman–Crippen LogP) is 6.76. The van der Waals surface area contributed by atoms with E-state index >= 15 is 0 Å². The molecule has 9 heteroatoms. The molecule has 0 fully saturated rings. The zero-order chi connectivity index (χ0) is 32.0. The monoisotopic (exact) mass is 628 g/mol. The number of hydrogen-bond donors (Lipinski definition) is 2. The maximum Gasteiger partial charge on any atom is 2.00 e. The number of carbonyl (C=O) groups is 2. The maximum absolute atomic E-state index is 11.5. The molecule has 2 aliphatic rings. The summed E-state index contributed by atoms with van der Waals surface area (Å²) in [5.41, 5.74) is 10.1. The van der Waals surface area contributed by atoms with Crippen LogP contribution in [0.3, 0.4) is 0 Å². The number of aromatic nitrogens is 4. The number of hydrogen-bond acceptors (Lipinski definition) is 4. The van der Waals surface area contributed by atoms with Crippen LogP contribution < -0.4 is 9.97 Å². The van der Waals surface area contributed by atoms with Crippen molar-refractivity contribution in [1.29, 1.82) is 0 Å². The van der Waals surface area contributed by atoms with E-state index in [1.54, 1.807) is 18.2 Å². The maximum atomic E-state index is 11.5. The first kappa shape index (κ1) is 28.7. The van der Waals surface area contributed by atoms with Crippen LogP contribution in [0.15, 0.2) is 43.5 Å². The third-order valence-corrected chi connectivity index (χ3v) is 7.91. The van der Waals surface area contributed by atoms with Crippen molar-refractivity contribution < 1.29 is 42.0 Å². The molecule has 5 heterocycles. The number of allylic oxidation sites excluding steroid dienone is 5. The summed E-state index contributed by atoms with van der Waals surface area (Å²) in [6.07, 6.45) is 0.290. The molecule has 0 aliphatic carbocycles. The largest absolute Gasteiger partial charge is 2.00 e.